The number of hydrogen-bond donors (Lipinski definition) is 1. The molecule has 0 aliphatic carbocycles. The molecule has 36 heavy (non-hydrogen) atoms. The molecule has 0 bridgehead atoms. The molecule has 4 rings (SSSR count). The molecule has 1 unspecified atom stereocenters. The topological polar surface area (TPSA) is 86.4 Å². The maximum absolute atomic E-state index is 13.2. The zero-order chi connectivity index (χ0) is 25.5. The minimum Gasteiger partial charge on any atom is -0.478 e. The first kappa shape index (κ1) is 25.3. The predicted molar refractivity (Wildman–Crippen MR) is 139 cm³/mol. The van der Waals surface area contributed by atoms with E-state index in [1.54, 1.807) is 41.0 Å². The second-order valence-electron chi connectivity index (χ2n) is 8.53. The summed E-state index contributed by atoms with van der Waals surface area (Å²) in [4.78, 5) is 25.0. The zero-order valence-electron chi connectivity index (χ0n) is 20.0. The summed E-state index contributed by atoms with van der Waals surface area (Å²) in [7, 11) is 0. The minimum absolute atomic E-state index is 0.157. The summed E-state index contributed by atoms with van der Waals surface area (Å²) in [6, 6.07) is 23.5. The molecule has 0 saturated carbocycles. The van der Waals surface area contributed by atoms with Crippen molar-refractivity contribution in [2.24, 2.45) is 0 Å². The van der Waals surface area contributed by atoms with Gasteiger partial charge in [0.2, 0.25) is 6.10 Å². The summed E-state index contributed by atoms with van der Waals surface area (Å²) < 4.78 is 8.97. The smallest absolute Gasteiger partial charge is 0.349 e. The van der Waals surface area contributed by atoms with Gasteiger partial charge >= 0.3 is 11.7 Å². The molecule has 8 heteroatoms. The molecular formula is C28H28ClN3O4. The number of aliphatic carboxylic acids is 1. The van der Waals surface area contributed by atoms with Gasteiger partial charge in [-0.25, -0.2) is 14.3 Å². The van der Waals surface area contributed by atoms with Crippen molar-refractivity contribution in [3.63, 3.8) is 0 Å². The third-order valence-electron chi connectivity index (χ3n) is 5.86. The third-order valence-corrected chi connectivity index (χ3v) is 6.20. The molecule has 186 valence electrons. The molecule has 0 amide bonds. The molecule has 1 atom stereocenters. The number of rotatable bonds is 11. The van der Waals surface area contributed by atoms with Gasteiger partial charge < -0.3 is 9.84 Å². The van der Waals surface area contributed by atoms with Gasteiger partial charge in [0, 0.05) is 17.0 Å². The lowest BCUT2D eigenvalue weighted by molar-refractivity contribution is -0.145. The number of nitrogens with zero attached hydrogens (tertiary/aromatic N) is 3. The first-order valence-corrected chi connectivity index (χ1v) is 12.3. The number of hydrogen-bond acceptors (Lipinski definition) is 4. The van der Waals surface area contributed by atoms with Crippen molar-refractivity contribution in [1.82, 2.24) is 14.3 Å². The molecule has 0 radical (unpaired) electrons. The van der Waals surface area contributed by atoms with Crippen molar-refractivity contribution in [3.05, 3.63) is 117 Å². The molecule has 0 spiro atoms. The van der Waals surface area contributed by atoms with E-state index in [-0.39, 0.29) is 5.69 Å². The van der Waals surface area contributed by atoms with Gasteiger partial charge in [0.1, 0.15) is 11.6 Å². The van der Waals surface area contributed by atoms with E-state index in [0.29, 0.717) is 35.8 Å². The second kappa shape index (κ2) is 11.7. The summed E-state index contributed by atoms with van der Waals surface area (Å²) >= 11 is 6.18. The Kier molecular flexibility index (Phi) is 8.23. The molecule has 1 N–H and O–H groups in total. The van der Waals surface area contributed by atoms with Crippen LogP contribution in [0.25, 0.3) is 0 Å². The van der Waals surface area contributed by atoms with Crippen LogP contribution in [0.4, 0.5) is 0 Å². The summed E-state index contributed by atoms with van der Waals surface area (Å²) in [6.07, 6.45) is 1.42. The molecule has 4 aromatic rings. The third kappa shape index (κ3) is 6.04. The molecule has 1 heterocycles. The predicted octanol–water partition coefficient (Wildman–Crippen LogP) is 5.34. The van der Waals surface area contributed by atoms with Gasteiger partial charge in [-0.1, -0.05) is 85.6 Å². The summed E-state index contributed by atoms with van der Waals surface area (Å²) in [5, 5.41) is 14.6. The first-order valence-electron chi connectivity index (χ1n) is 11.9. The average molecular weight is 506 g/mol. The summed E-state index contributed by atoms with van der Waals surface area (Å²) in [5.74, 6) is 0.0114. The highest BCUT2D eigenvalue weighted by atomic mass is 35.5. The van der Waals surface area contributed by atoms with Crippen LogP contribution in [0.1, 0.15) is 48.4 Å². The van der Waals surface area contributed by atoms with E-state index in [4.69, 9.17) is 16.3 Å². The number of halogens is 1. The van der Waals surface area contributed by atoms with E-state index in [1.165, 1.54) is 4.68 Å². The van der Waals surface area contributed by atoms with Crippen molar-refractivity contribution < 1.29 is 14.6 Å². The van der Waals surface area contributed by atoms with Gasteiger partial charge in [-0.15, -0.1) is 0 Å². The lowest BCUT2D eigenvalue weighted by Gasteiger charge is -2.17. The second-order valence-corrected chi connectivity index (χ2v) is 8.94. The van der Waals surface area contributed by atoms with Gasteiger partial charge in [0.25, 0.3) is 0 Å². The van der Waals surface area contributed by atoms with E-state index in [0.717, 1.165) is 29.8 Å². The highest BCUT2D eigenvalue weighted by Crippen LogP contribution is 2.28. The maximum atomic E-state index is 13.2. The van der Waals surface area contributed by atoms with Crippen LogP contribution in [-0.4, -0.2) is 25.4 Å². The number of aromatic nitrogens is 3. The molecule has 1 aromatic heterocycles. The Morgan fingerprint density at radius 1 is 0.972 bits per heavy atom. The highest BCUT2D eigenvalue weighted by Gasteiger charge is 2.24. The standard InChI is InChI=1S/C28H28ClN3O4/c1-2-3-13-25-30-32(19-20-9-5-4-6-10-20)28(35)31(25)18-21-14-16-22(17-15-21)36-26(27(33)34)23-11-7-8-12-24(23)29/h4-12,14-17,26H,2-3,13,18-19H2,1H3,(H,33,34). The van der Waals surface area contributed by atoms with Gasteiger partial charge in [-0.2, -0.15) is 5.10 Å². The number of aryl methyl sites for hydroxylation is 1. The number of carboxylic acid groups (broad SMARTS) is 1. The van der Waals surface area contributed by atoms with Gasteiger partial charge in [-0.05, 0) is 35.7 Å². The molecule has 0 saturated heterocycles. The molecule has 0 aliphatic rings. The first-order chi connectivity index (χ1) is 17.5. The van der Waals surface area contributed by atoms with Crippen molar-refractivity contribution in [2.75, 3.05) is 0 Å². The largest absolute Gasteiger partial charge is 0.478 e. The van der Waals surface area contributed by atoms with Crippen LogP contribution in [0, 0.1) is 0 Å². The number of unbranched alkanes of at least 4 members (excludes halogenated alkanes) is 1. The Bertz CT molecular complexity index is 1360. The maximum Gasteiger partial charge on any atom is 0.349 e. The van der Waals surface area contributed by atoms with Crippen LogP contribution in [0.15, 0.2) is 83.7 Å². The fourth-order valence-corrected chi connectivity index (χ4v) is 4.19. The van der Waals surface area contributed by atoms with E-state index >= 15 is 0 Å². The van der Waals surface area contributed by atoms with Crippen LogP contribution in [0.2, 0.25) is 5.02 Å². The van der Waals surface area contributed by atoms with Crippen LogP contribution in [-0.2, 0) is 24.3 Å². The van der Waals surface area contributed by atoms with Gasteiger partial charge in [0.15, 0.2) is 0 Å². The Morgan fingerprint density at radius 3 is 2.31 bits per heavy atom. The van der Waals surface area contributed by atoms with Crippen molar-refractivity contribution in [2.45, 2.75) is 45.4 Å². The van der Waals surface area contributed by atoms with E-state index < -0.39 is 12.1 Å². The summed E-state index contributed by atoms with van der Waals surface area (Å²) in [5.41, 5.74) is 2.12. The van der Waals surface area contributed by atoms with Gasteiger partial charge in [-0.3, -0.25) is 4.57 Å². The Hall–Kier alpha value is -3.84. The van der Waals surface area contributed by atoms with Gasteiger partial charge in [0.05, 0.1) is 13.1 Å². The van der Waals surface area contributed by atoms with Crippen LogP contribution in [0.3, 0.4) is 0 Å². The molecule has 0 fully saturated rings. The van der Waals surface area contributed by atoms with E-state index in [1.807, 2.05) is 42.5 Å². The van der Waals surface area contributed by atoms with Crippen molar-refractivity contribution >= 4 is 17.6 Å². The Morgan fingerprint density at radius 2 is 1.64 bits per heavy atom. The number of ether oxygens (including phenoxy) is 1. The minimum atomic E-state index is -1.23. The number of carboxylic acids is 1. The fourth-order valence-electron chi connectivity index (χ4n) is 3.95. The zero-order valence-corrected chi connectivity index (χ0v) is 20.8. The average Bonchev–Trinajstić information content (AvgIpc) is 3.17. The van der Waals surface area contributed by atoms with Crippen LogP contribution >= 0.6 is 11.6 Å². The Labute approximate surface area is 214 Å². The highest BCUT2D eigenvalue weighted by molar-refractivity contribution is 6.31. The SMILES string of the molecule is CCCCc1nn(Cc2ccccc2)c(=O)n1Cc1ccc(OC(C(=O)O)c2ccccc2Cl)cc1. The number of carbonyl (C=O) groups is 1. The normalized spacial score (nSPS) is 11.8. The van der Waals surface area contributed by atoms with E-state index in [2.05, 4.69) is 12.0 Å². The number of benzene rings is 3. The quantitative estimate of drug-likeness (QED) is 0.297. The lowest BCUT2D eigenvalue weighted by Crippen LogP contribution is -2.26. The van der Waals surface area contributed by atoms with E-state index in [9.17, 15) is 14.7 Å². The van der Waals surface area contributed by atoms with Crippen molar-refractivity contribution in [1.29, 1.82) is 0 Å². The summed E-state index contributed by atoms with van der Waals surface area (Å²) in [6.45, 7) is 2.88. The molecular weight excluding hydrogens is 478 g/mol. The molecule has 0 aliphatic heterocycles. The van der Waals surface area contributed by atoms with Crippen LogP contribution in [0.5, 0.6) is 5.75 Å². The molecule has 7 nitrogen and oxygen atoms in total. The monoisotopic (exact) mass is 505 g/mol. The van der Waals surface area contributed by atoms with Crippen LogP contribution < -0.4 is 10.4 Å². The Balaban J connectivity index is 1.54. The molecule has 3 aromatic carbocycles. The lowest BCUT2D eigenvalue weighted by atomic mass is 10.1. The van der Waals surface area contributed by atoms with Crippen molar-refractivity contribution in [3.8, 4) is 5.75 Å². The fraction of sp³-hybridized carbons (Fsp3) is 0.250.